The number of benzene rings is 1. The van der Waals surface area contributed by atoms with Crippen LogP contribution in [0, 0.1) is 0 Å². The molecule has 0 saturated heterocycles. The Labute approximate surface area is 93.3 Å². The maximum Gasteiger partial charge on any atom is 0.151 e. The molecule has 0 bridgehead atoms. The molecule has 0 saturated carbocycles. The van der Waals surface area contributed by atoms with Crippen LogP contribution in [0.15, 0.2) is 36.7 Å². The zero-order chi connectivity index (χ0) is 11.4. The van der Waals surface area contributed by atoms with Gasteiger partial charge in [-0.3, -0.25) is 4.98 Å². The molecule has 0 aliphatic heterocycles. The van der Waals surface area contributed by atoms with E-state index in [2.05, 4.69) is 15.3 Å². The minimum absolute atomic E-state index is 0.375. The summed E-state index contributed by atoms with van der Waals surface area (Å²) in [6, 6.07) is 7.56. The number of ether oxygens (including phenoxy) is 1. The monoisotopic (exact) mass is 216 g/mol. The van der Waals surface area contributed by atoms with Gasteiger partial charge >= 0.3 is 0 Å². The van der Waals surface area contributed by atoms with E-state index in [9.17, 15) is 0 Å². The van der Waals surface area contributed by atoms with Gasteiger partial charge in [0.25, 0.3) is 0 Å². The molecule has 82 valence electrons. The number of nitrogen functional groups attached to an aromatic ring is 1. The summed E-state index contributed by atoms with van der Waals surface area (Å²) in [5.74, 6) is 1.70. The van der Waals surface area contributed by atoms with Gasteiger partial charge in [-0.1, -0.05) is 12.1 Å². The van der Waals surface area contributed by atoms with E-state index >= 15 is 0 Å². The van der Waals surface area contributed by atoms with Crippen LogP contribution in [-0.4, -0.2) is 17.1 Å². The molecule has 0 atom stereocenters. The molecular formula is C11H12N4O. The fraction of sp³-hybridized carbons (Fsp3) is 0.0909. The second-order valence-electron chi connectivity index (χ2n) is 3.15. The molecule has 1 aromatic heterocycles. The maximum atomic E-state index is 5.54. The number of methoxy groups -OCH3 is 1. The lowest BCUT2D eigenvalue weighted by atomic mass is 10.3. The Morgan fingerprint density at radius 2 is 2.06 bits per heavy atom. The van der Waals surface area contributed by atoms with Crippen LogP contribution >= 0.6 is 0 Å². The van der Waals surface area contributed by atoms with Crippen molar-refractivity contribution in [2.75, 3.05) is 18.2 Å². The topological polar surface area (TPSA) is 73.1 Å². The number of nitrogens with two attached hydrogens (primary N) is 1. The van der Waals surface area contributed by atoms with Crippen LogP contribution in [0.3, 0.4) is 0 Å². The molecule has 16 heavy (non-hydrogen) atoms. The van der Waals surface area contributed by atoms with Crippen molar-refractivity contribution in [2.45, 2.75) is 0 Å². The quantitative estimate of drug-likeness (QED) is 0.818. The minimum atomic E-state index is 0.375. The van der Waals surface area contributed by atoms with Crippen LogP contribution in [-0.2, 0) is 0 Å². The average molecular weight is 216 g/mol. The third kappa shape index (κ3) is 2.20. The van der Waals surface area contributed by atoms with Crippen LogP contribution in [0.2, 0.25) is 0 Å². The van der Waals surface area contributed by atoms with E-state index in [0.29, 0.717) is 11.6 Å². The number of hydrogen-bond acceptors (Lipinski definition) is 5. The van der Waals surface area contributed by atoms with E-state index in [1.54, 1.807) is 13.3 Å². The largest absolute Gasteiger partial charge is 0.495 e. The van der Waals surface area contributed by atoms with Gasteiger partial charge in [-0.05, 0) is 12.1 Å². The highest BCUT2D eigenvalue weighted by atomic mass is 16.5. The number of nitrogens with zero attached hydrogens (tertiary/aromatic N) is 2. The predicted octanol–water partition coefficient (Wildman–Crippen LogP) is 1.81. The van der Waals surface area contributed by atoms with Crippen molar-refractivity contribution in [3.8, 4) is 5.75 Å². The second-order valence-corrected chi connectivity index (χ2v) is 3.15. The van der Waals surface area contributed by atoms with Gasteiger partial charge in [-0.15, -0.1) is 0 Å². The highest BCUT2D eigenvalue weighted by Gasteiger charge is 2.02. The van der Waals surface area contributed by atoms with Crippen LogP contribution in [0.5, 0.6) is 5.75 Å². The lowest BCUT2D eigenvalue weighted by Crippen LogP contribution is -1.99. The van der Waals surface area contributed by atoms with Crippen molar-refractivity contribution in [1.29, 1.82) is 0 Å². The van der Waals surface area contributed by atoms with Crippen molar-refractivity contribution >= 4 is 17.3 Å². The van der Waals surface area contributed by atoms with E-state index in [0.717, 1.165) is 11.4 Å². The highest BCUT2D eigenvalue weighted by Crippen LogP contribution is 2.25. The van der Waals surface area contributed by atoms with Gasteiger partial charge in [-0.25, -0.2) is 4.98 Å². The molecule has 3 N–H and O–H groups in total. The van der Waals surface area contributed by atoms with E-state index in [1.807, 2.05) is 24.3 Å². The number of hydrogen-bond donors (Lipinski definition) is 2. The molecule has 0 radical (unpaired) electrons. The summed E-state index contributed by atoms with van der Waals surface area (Å²) in [7, 11) is 1.62. The first-order valence-corrected chi connectivity index (χ1v) is 4.77. The first kappa shape index (κ1) is 10.2. The highest BCUT2D eigenvalue weighted by molar-refractivity contribution is 5.64. The van der Waals surface area contributed by atoms with Crippen molar-refractivity contribution in [3.63, 3.8) is 0 Å². The smallest absolute Gasteiger partial charge is 0.151 e. The van der Waals surface area contributed by atoms with Crippen LogP contribution in [0.25, 0.3) is 0 Å². The SMILES string of the molecule is COc1ccccc1Nc1cncc(N)n1. The van der Waals surface area contributed by atoms with E-state index in [-0.39, 0.29) is 0 Å². The molecule has 1 heterocycles. The summed E-state index contributed by atoms with van der Waals surface area (Å²) in [4.78, 5) is 8.04. The summed E-state index contributed by atoms with van der Waals surface area (Å²) in [5, 5.41) is 3.09. The molecule has 5 nitrogen and oxygen atoms in total. The van der Waals surface area contributed by atoms with E-state index in [4.69, 9.17) is 10.5 Å². The van der Waals surface area contributed by atoms with E-state index in [1.165, 1.54) is 6.20 Å². The number of nitrogens with one attached hydrogen (secondary N) is 1. The molecule has 1 aromatic carbocycles. The summed E-state index contributed by atoms with van der Waals surface area (Å²) in [6.07, 6.45) is 3.09. The fourth-order valence-electron chi connectivity index (χ4n) is 1.33. The summed E-state index contributed by atoms with van der Waals surface area (Å²) in [6.45, 7) is 0. The molecule has 0 aliphatic carbocycles. The number of rotatable bonds is 3. The van der Waals surface area contributed by atoms with Crippen molar-refractivity contribution in [3.05, 3.63) is 36.7 Å². The molecule has 0 aliphatic rings. The van der Waals surface area contributed by atoms with Gasteiger partial charge in [0.2, 0.25) is 0 Å². The Morgan fingerprint density at radius 1 is 1.25 bits per heavy atom. The molecule has 5 heteroatoms. The zero-order valence-electron chi connectivity index (χ0n) is 8.84. The minimum Gasteiger partial charge on any atom is -0.495 e. The van der Waals surface area contributed by atoms with Crippen LogP contribution in [0.1, 0.15) is 0 Å². The average Bonchev–Trinajstić information content (AvgIpc) is 2.30. The van der Waals surface area contributed by atoms with Gasteiger partial charge in [0.15, 0.2) is 5.82 Å². The first-order valence-electron chi connectivity index (χ1n) is 4.77. The Hall–Kier alpha value is -2.30. The molecule has 0 amide bonds. The van der Waals surface area contributed by atoms with Gasteiger partial charge in [0.1, 0.15) is 11.6 Å². The van der Waals surface area contributed by atoms with Crippen molar-refractivity contribution in [2.24, 2.45) is 0 Å². The first-order chi connectivity index (χ1) is 7.79. The van der Waals surface area contributed by atoms with Gasteiger partial charge < -0.3 is 15.8 Å². The molecule has 0 fully saturated rings. The normalized spacial score (nSPS) is 9.81. The fourth-order valence-corrected chi connectivity index (χ4v) is 1.33. The van der Waals surface area contributed by atoms with Gasteiger partial charge in [-0.2, -0.15) is 0 Å². The maximum absolute atomic E-state index is 5.54. The van der Waals surface area contributed by atoms with Crippen LogP contribution in [0.4, 0.5) is 17.3 Å². The van der Waals surface area contributed by atoms with Gasteiger partial charge in [0, 0.05) is 0 Å². The third-order valence-electron chi connectivity index (χ3n) is 2.02. The molecule has 0 spiro atoms. The summed E-state index contributed by atoms with van der Waals surface area (Å²) in [5.41, 5.74) is 6.36. The van der Waals surface area contributed by atoms with E-state index < -0.39 is 0 Å². The summed E-state index contributed by atoms with van der Waals surface area (Å²) < 4.78 is 5.21. The van der Waals surface area contributed by atoms with Crippen molar-refractivity contribution in [1.82, 2.24) is 9.97 Å². The third-order valence-corrected chi connectivity index (χ3v) is 2.02. The number of para-hydroxylation sites is 2. The lowest BCUT2D eigenvalue weighted by molar-refractivity contribution is 0.417. The number of aromatic nitrogens is 2. The Kier molecular flexibility index (Phi) is 2.86. The second kappa shape index (κ2) is 4.48. The van der Waals surface area contributed by atoms with Crippen molar-refractivity contribution < 1.29 is 4.74 Å². The Balaban J connectivity index is 2.26. The molecule has 2 rings (SSSR count). The zero-order valence-corrected chi connectivity index (χ0v) is 8.84. The standard InChI is InChI=1S/C11H12N4O/c1-16-9-5-3-2-4-8(9)14-11-7-13-6-10(12)15-11/h2-7H,1H3,(H3,12,14,15). The molecule has 2 aromatic rings. The van der Waals surface area contributed by atoms with Crippen LogP contribution < -0.4 is 15.8 Å². The number of anilines is 3. The van der Waals surface area contributed by atoms with Gasteiger partial charge in [0.05, 0.1) is 25.2 Å². The predicted molar refractivity (Wildman–Crippen MR) is 62.7 cm³/mol. The lowest BCUT2D eigenvalue weighted by Gasteiger charge is -2.09. The molecule has 0 unspecified atom stereocenters. The molecular weight excluding hydrogens is 204 g/mol. The Bertz CT molecular complexity index is 487. The summed E-state index contributed by atoms with van der Waals surface area (Å²) >= 11 is 0. The Morgan fingerprint density at radius 3 is 2.81 bits per heavy atom.